The molecule has 0 aliphatic rings. The highest BCUT2D eigenvalue weighted by atomic mass is 19.4. The fourth-order valence-corrected chi connectivity index (χ4v) is 3.73. The van der Waals surface area contributed by atoms with E-state index in [2.05, 4.69) is 10.1 Å². The quantitative estimate of drug-likeness (QED) is 0.167. The van der Waals surface area contributed by atoms with Gasteiger partial charge in [-0.15, -0.1) is 13.2 Å². The van der Waals surface area contributed by atoms with Crippen LogP contribution in [0.4, 0.5) is 36.8 Å². The maximum atomic E-state index is 12.9. The number of carboxylic acids is 1. The standard InChI is InChI=1S/C27H32F6N2O6/c1-2-39-23(24(36)37)18-19-10-12-20(13-11-19)40-17-16-35(15-7-3-6-14-26(28,29)30)25(38)34-21-8-4-5-9-22(21)41-27(31,32)33/h4-5,8-13,23H,2-3,6-7,14-18H2,1H3,(H,34,38)(H,36,37). The summed E-state index contributed by atoms with van der Waals surface area (Å²) in [6.45, 7) is 1.90. The van der Waals surface area contributed by atoms with Gasteiger partial charge in [-0.1, -0.05) is 30.7 Å². The Balaban J connectivity index is 2.01. The fourth-order valence-electron chi connectivity index (χ4n) is 3.73. The number of rotatable bonds is 16. The minimum Gasteiger partial charge on any atom is -0.492 e. The molecule has 1 atom stereocenters. The topological polar surface area (TPSA) is 97.3 Å². The molecular weight excluding hydrogens is 562 g/mol. The Kier molecular flexibility index (Phi) is 13.0. The number of aliphatic carboxylic acids is 1. The van der Waals surface area contributed by atoms with Crippen LogP contribution in [-0.2, 0) is 16.0 Å². The molecule has 14 heteroatoms. The first-order valence-corrected chi connectivity index (χ1v) is 12.8. The van der Waals surface area contributed by atoms with Gasteiger partial charge in [-0.2, -0.15) is 13.2 Å². The lowest BCUT2D eigenvalue weighted by atomic mass is 10.1. The third kappa shape index (κ3) is 13.5. The van der Waals surface area contributed by atoms with Crippen molar-refractivity contribution in [3.8, 4) is 11.5 Å². The minimum absolute atomic E-state index is 0.0272. The number of nitrogens with one attached hydrogen (secondary N) is 1. The number of hydrogen-bond donors (Lipinski definition) is 2. The zero-order valence-corrected chi connectivity index (χ0v) is 22.3. The third-order valence-electron chi connectivity index (χ3n) is 5.65. The lowest BCUT2D eigenvalue weighted by Gasteiger charge is -2.24. The van der Waals surface area contributed by atoms with E-state index in [0.29, 0.717) is 11.3 Å². The van der Waals surface area contributed by atoms with Crippen LogP contribution < -0.4 is 14.8 Å². The SMILES string of the molecule is CCOC(Cc1ccc(OCCN(CCCCCC(F)(F)F)C(=O)Nc2ccccc2OC(F)(F)F)cc1)C(=O)O. The number of halogens is 6. The molecule has 2 amide bonds. The van der Waals surface area contributed by atoms with Crippen LogP contribution in [0.3, 0.4) is 0 Å². The lowest BCUT2D eigenvalue weighted by molar-refractivity contribution is -0.274. The Morgan fingerprint density at radius 3 is 2.24 bits per heavy atom. The Labute approximate surface area is 233 Å². The van der Waals surface area contributed by atoms with Crippen LogP contribution >= 0.6 is 0 Å². The number of urea groups is 1. The first kappa shape index (κ1) is 33.5. The van der Waals surface area contributed by atoms with E-state index >= 15 is 0 Å². The van der Waals surface area contributed by atoms with Crippen molar-refractivity contribution in [1.29, 1.82) is 0 Å². The molecule has 8 nitrogen and oxygen atoms in total. The van der Waals surface area contributed by atoms with Crippen molar-refractivity contribution in [2.75, 3.05) is 31.6 Å². The van der Waals surface area contributed by atoms with E-state index in [9.17, 15) is 41.0 Å². The second-order valence-electron chi connectivity index (χ2n) is 8.87. The van der Waals surface area contributed by atoms with Crippen molar-refractivity contribution in [3.63, 3.8) is 0 Å². The molecule has 0 heterocycles. The Morgan fingerprint density at radius 2 is 1.63 bits per heavy atom. The number of nitrogens with zero attached hydrogens (tertiary/aromatic N) is 1. The molecule has 2 N–H and O–H groups in total. The molecule has 0 saturated heterocycles. The minimum atomic E-state index is -4.99. The van der Waals surface area contributed by atoms with E-state index in [1.54, 1.807) is 31.2 Å². The van der Waals surface area contributed by atoms with E-state index in [0.717, 1.165) is 6.07 Å². The number of amides is 2. The van der Waals surface area contributed by atoms with Gasteiger partial charge in [-0.05, 0) is 49.6 Å². The van der Waals surface area contributed by atoms with Crippen molar-refractivity contribution in [2.45, 2.75) is 57.7 Å². The van der Waals surface area contributed by atoms with Crippen molar-refractivity contribution in [1.82, 2.24) is 4.90 Å². The first-order chi connectivity index (χ1) is 19.3. The molecule has 228 valence electrons. The summed E-state index contributed by atoms with van der Waals surface area (Å²) in [5.74, 6) is -1.30. The molecule has 0 aromatic heterocycles. The monoisotopic (exact) mass is 594 g/mol. The summed E-state index contributed by atoms with van der Waals surface area (Å²) in [6.07, 6.45) is -10.8. The predicted octanol–water partition coefficient (Wildman–Crippen LogP) is 6.65. The van der Waals surface area contributed by atoms with Gasteiger partial charge in [-0.3, -0.25) is 0 Å². The molecule has 0 aliphatic heterocycles. The summed E-state index contributed by atoms with van der Waals surface area (Å²) >= 11 is 0. The molecule has 0 fully saturated rings. The van der Waals surface area contributed by atoms with Gasteiger partial charge in [0.15, 0.2) is 11.9 Å². The van der Waals surface area contributed by atoms with Gasteiger partial charge in [0.1, 0.15) is 12.4 Å². The number of para-hydroxylation sites is 2. The third-order valence-corrected chi connectivity index (χ3v) is 5.65. The molecule has 2 aromatic rings. The average molecular weight is 595 g/mol. The number of alkyl halides is 6. The van der Waals surface area contributed by atoms with Crippen molar-refractivity contribution in [3.05, 3.63) is 54.1 Å². The second kappa shape index (κ2) is 15.9. The second-order valence-corrected chi connectivity index (χ2v) is 8.87. The van der Waals surface area contributed by atoms with Gasteiger partial charge in [0.2, 0.25) is 0 Å². The van der Waals surface area contributed by atoms with E-state index in [4.69, 9.17) is 9.47 Å². The molecule has 0 bridgehead atoms. The molecular formula is C27H32F6N2O6. The van der Waals surface area contributed by atoms with Crippen LogP contribution in [0.2, 0.25) is 0 Å². The normalized spacial score (nSPS) is 12.5. The molecule has 0 saturated carbocycles. The summed E-state index contributed by atoms with van der Waals surface area (Å²) in [5, 5.41) is 11.6. The highest BCUT2D eigenvalue weighted by molar-refractivity contribution is 5.91. The van der Waals surface area contributed by atoms with Crippen LogP contribution in [0.5, 0.6) is 11.5 Å². The van der Waals surface area contributed by atoms with Gasteiger partial charge in [0, 0.05) is 26.0 Å². The number of carboxylic acid groups (broad SMARTS) is 1. The number of carbonyl (C=O) groups excluding carboxylic acids is 1. The number of anilines is 1. The molecule has 41 heavy (non-hydrogen) atoms. The number of carbonyl (C=O) groups is 2. The summed E-state index contributed by atoms with van der Waals surface area (Å²) < 4.78 is 90.4. The zero-order chi connectivity index (χ0) is 30.5. The fraction of sp³-hybridized carbons (Fsp3) is 0.481. The summed E-state index contributed by atoms with van der Waals surface area (Å²) in [7, 11) is 0. The van der Waals surface area contributed by atoms with E-state index in [-0.39, 0.29) is 57.7 Å². The summed E-state index contributed by atoms with van der Waals surface area (Å²) in [6, 6.07) is 10.7. The van der Waals surface area contributed by atoms with Crippen LogP contribution in [0, 0.1) is 0 Å². The van der Waals surface area contributed by atoms with Crippen molar-refractivity contribution >= 4 is 17.7 Å². The Morgan fingerprint density at radius 1 is 0.951 bits per heavy atom. The van der Waals surface area contributed by atoms with Crippen molar-refractivity contribution in [2.24, 2.45) is 0 Å². The largest absolute Gasteiger partial charge is 0.573 e. The van der Waals surface area contributed by atoms with Gasteiger partial charge in [-0.25, -0.2) is 9.59 Å². The lowest BCUT2D eigenvalue weighted by Crippen LogP contribution is -2.38. The highest BCUT2D eigenvalue weighted by Gasteiger charge is 2.32. The predicted molar refractivity (Wildman–Crippen MR) is 137 cm³/mol. The molecule has 0 spiro atoms. The van der Waals surface area contributed by atoms with E-state index in [1.165, 1.54) is 23.1 Å². The Hall–Kier alpha value is -3.68. The first-order valence-electron chi connectivity index (χ1n) is 12.8. The van der Waals surface area contributed by atoms with Crippen LogP contribution in [0.1, 0.15) is 38.2 Å². The zero-order valence-electron chi connectivity index (χ0n) is 22.3. The van der Waals surface area contributed by atoms with E-state index < -0.39 is 42.8 Å². The van der Waals surface area contributed by atoms with Crippen molar-refractivity contribution < 1.29 is 55.2 Å². The molecule has 1 unspecified atom stereocenters. The van der Waals surface area contributed by atoms with Crippen LogP contribution in [-0.4, -0.2) is 67.0 Å². The average Bonchev–Trinajstić information content (AvgIpc) is 2.87. The number of benzene rings is 2. The van der Waals surface area contributed by atoms with E-state index in [1.807, 2.05) is 0 Å². The van der Waals surface area contributed by atoms with Gasteiger partial charge < -0.3 is 29.5 Å². The summed E-state index contributed by atoms with van der Waals surface area (Å²) in [5.41, 5.74) is 0.456. The maximum Gasteiger partial charge on any atom is 0.573 e. The van der Waals surface area contributed by atoms with Gasteiger partial charge >= 0.3 is 24.5 Å². The Bertz CT molecular complexity index is 1090. The molecule has 0 aliphatic carbocycles. The number of unbranched alkanes of at least 4 members (excludes halogenated alkanes) is 2. The molecule has 2 aromatic carbocycles. The smallest absolute Gasteiger partial charge is 0.492 e. The van der Waals surface area contributed by atoms with Gasteiger partial charge in [0.05, 0.1) is 12.2 Å². The highest BCUT2D eigenvalue weighted by Crippen LogP contribution is 2.30. The van der Waals surface area contributed by atoms with Crippen LogP contribution in [0.25, 0.3) is 0 Å². The number of ether oxygens (including phenoxy) is 3. The van der Waals surface area contributed by atoms with Crippen LogP contribution in [0.15, 0.2) is 48.5 Å². The van der Waals surface area contributed by atoms with Gasteiger partial charge in [0.25, 0.3) is 0 Å². The summed E-state index contributed by atoms with van der Waals surface area (Å²) in [4.78, 5) is 25.4. The molecule has 2 rings (SSSR count). The molecule has 0 radical (unpaired) electrons. The number of hydrogen-bond acceptors (Lipinski definition) is 5. The maximum absolute atomic E-state index is 12.9.